The van der Waals surface area contributed by atoms with Crippen LogP contribution in [0.15, 0.2) is 84.7 Å². The van der Waals surface area contributed by atoms with Crippen molar-refractivity contribution in [2.75, 3.05) is 32.5 Å². The molecule has 1 atom stereocenters. The van der Waals surface area contributed by atoms with E-state index < -0.39 is 6.04 Å². The minimum Gasteiger partial charge on any atom is -0.368 e. The van der Waals surface area contributed by atoms with Crippen LogP contribution < -0.4 is 16.0 Å². The van der Waals surface area contributed by atoms with Gasteiger partial charge in [-0.25, -0.2) is 4.79 Å². The monoisotopic (exact) mass is 571 g/mol. The molecule has 1 fully saturated rings. The standard InChI is InChI=1S/C33H43N5O2.C2H6/c1-25-10-8-13-29(20-25)28-15-18-38(19-16-28)33(40)36-31(22-26-11-6-4-5-7-17-34-23-26)32(39)35-30-14-9-12-27(21-30)24-37(2)3;1-2/h6-14,17,20-21,23,28,31,34H,4-5,15-16,18-19,22,24H2,1-3H3,(H,35,39)(H,36,40);1-2H3/b11-6+,17-7+,26-23+;. The first-order valence-corrected chi connectivity index (χ1v) is 15.3. The molecule has 7 nitrogen and oxygen atoms in total. The van der Waals surface area contributed by atoms with E-state index in [0.29, 0.717) is 25.4 Å². The van der Waals surface area contributed by atoms with Gasteiger partial charge in [0.25, 0.3) is 0 Å². The van der Waals surface area contributed by atoms with Crippen molar-refractivity contribution in [3.05, 3.63) is 101 Å². The fourth-order valence-electron chi connectivity index (χ4n) is 5.28. The molecule has 2 aliphatic rings. The maximum atomic E-state index is 13.6. The highest BCUT2D eigenvalue weighted by Gasteiger charge is 2.28. The molecule has 3 N–H and O–H groups in total. The van der Waals surface area contributed by atoms with Gasteiger partial charge in [-0.2, -0.15) is 0 Å². The number of rotatable bonds is 8. The van der Waals surface area contributed by atoms with E-state index in [1.54, 1.807) is 0 Å². The van der Waals surface area contributed by atoms with E-state index in [9.17, 15) is 9.59 Å². The van der Waals surface area contributed by atoms with E-state index in [2.05, 4.69) is 64.2 Å². The second-order valence-electron chi connectivity index (χ2n) is 11.1. The number of urea groups is 1. The largest absolute Gasteiger partial charge is 0.368 e. The molecule has 0 aromatic heterocycles. The zero-order chi connectivity index (χ0) is 30.3. The average molecular weight is 572 g/mol. The Labute approximate surface area is 252 Å². The number of likely N-dealkylation sites (tertiary alicyclic amines) is 1. The summed E-state index contributed by atoms with van der Waals surface area (Å²) in [5.74, 6) is 0.223. The minimum atomic E-state index is -0.720. The number of piperidine rings is 1. The molecule has 0 aliphatic carbocycles. The first-order chi connectivity index (χ1) is 20.4. The zero-order valence-corrected chi connectivity index (χ0v) is 26.0. The van der Waals surface area contributed by atoms with Crippen LogP contribution in [-0.2, 0) is 11.3 Å². The molecule has 3 amide bonds. The molecule has 1 saturated heterocycles. The molecule has 1 unspecified atom stereocenters. The molecular formula is C35H49N5O2. The summed E-state index contributed by atoms with van der Waals surface area (Å²) < 4.78 is 0. The number of amides is 3. The molecule has 0 radical (unpaired) electrons. The van der Waals surface area contributed by atoms with Gasteiger partial charge >= 0.3 is 6.03 Å². The second kappa shape index (κ2) is 17.2. The van der Waals surface area contributed by atoms with E-state index in [1.807, 2.05) is 75.6 Å². The van der Waals surface area contributed by atoms with Crippen molar-refractivity contribution in [1.29, 1.82) is 0 Å². The van der Waals surface area contributed by atoms with Gasteiger partial charge in [-0.1, -0.05) is 74.0 Å². The average Bonchev–Trinajstić information content (AvgIpc) is 3.12. The van der Waals surface area contributed by atoms with E-state index in [-0.39, 0.29) is 11.9 Å². The van der Waals surface area contributed by atoms with Gasteiger partial charge in [0.15, 0.2) is 0 Å². The molecule has 2 aromatic rings. The number of hydrogen-bond acceptors (Lipinski definition) is 4. The van der Waals surface area contributed by atoms with Crippen molar-refractivity contribution in [2.45, 2.75) is 71.4 Å². The van der Waals surface area contributed by atoms with Crippen molar-refractivity contribution < 1.29 is 9.59 Å². The summed E-state index contributed by atoms with van der Waals surface area (Å²) in [6.45, 7) is 8.23. The van der Waals surface area contributed by atoms with E-state index in [4.69, 9.17) is 0 Å². The fourth-order valence-corrected chi connectivity index (χ4v) is 5.28. The van der Waals surface area contributed by atoms with Crippen LogP contribution >= 0.6 is 0 Å². The highest BCUT2D eigenvalue weighted by atomic mass is 16.2. The van der Waals surface area contributed by atoms with Crippen LogP contribution in [0.2, 0.25) is 0 Å². The number of carbonyl (C=O) groups is 2. The topological polar surface area (TPSA) is 76.7 Å². The van der Waals surface area contributed by atoms with Gasteiger partial charge in [-0.15, -0.1) is 0 Å². The van der Waals surface area contributed by atoms with Gasteiger partial charge in [0.05, 0.1) is 0 Å². The Bertz CT molecular complexity index is 1240. The van der Waals surface area contributed by atoms with Gasteiger partial charge in [0, 0.05) is 37.9 Å². The van der Waals surface area contributed by atoms with Crippen LogP contribution in [0.25, 0.3) is 0 Å². The Morgan fingerprint density at radius 2 is 1.76 bits per heavy atom. The molecule has 0 bridgehead atoms. The van der Waals surface area contributed by atoms with E-state index in [1.165, 1.54) is 11.1 Å². The Balaban J connectivity index is 0.00000237. The third kappa shape index (κ3) is 10.5. The molecule has 2 heterocycles. The molecule has 0 saturated carbocycles. The summed E-state index contributed by atoms with van der Waals surface area (Å²) in [6, 6.07) is 15.6. The van der Waals surface area contributed by atoms with Crippen LogP contribution in [-0.4, -0.2) is 55.0 Å². The normalized spacial score (nSPS) is 18.9. The van der Waals surface area contributed by atoms with Crippen molar-refractivity contribution in [3.8, 4) is 0 Å². The Kier molecular flexibility index (Phi) is 13.4. The van der Waals surface area contributed by atoms with E-state index >= 15 is 0 Å². The number of benzene rings is 2. The predicted octanol–water partition coefficient (Wildman–Crippen LogP) is 6.71. The lowest BCUT2D eigenvalue weighted by molar-refractivity contribution is -0.118. The maximum Gasteiger partial charge on any atom is 0.318 e. The van der Waals surface area contributed by atoms with Crippen LogP contribution in [0.3, 0.4) is 0 Å². The molecule has 2 aromatic carbocycles. The highest BCUT2D eigenvalue weighted by Crippen LogP contribution is 2.28. The number of allylic oxidation sites excluding steroid dienone is 3. The Morgan fingerprint density at radius 1 is 1.02 bits per heavy atom. The number of nitrogens with one attached hydrogen (secondary N) is 3. The van der Waals surface area contributed by atoms with Crippen LogP contribution in [0, 0.1) is 6.92 Å². The summed E-state index contributed by atoms with van der Waals surface area (Å²) in [5.41, 5.74) is 5.39. The Hall–Kier alpha value is -3.84. The summed E-state index contributed by atoms with van der Waals surface area (Å²) >= 11 is 0. The summed E-state index contributed by atoms with van der Waals surface area (Å²) in [4.78, 5) is 30.9. The number of nitrogens with zero attached hydrogens (tertiary/aromatic N) is 2. The SMILES string of the molecule is CC.Cc1cccc(C2CCN(C(=O)NC(CC3=C/N/C=C/CC\C=C\3)C(=O)Nc3cccc(CN(C)C)c3)CC2)c1. The number of carbonyl (C=O) groups excluding carboxylic acids is 2. The lowest BCUT2D eigenvalue weighted by Crippen LogP contribution is -2.51. The van der Waals surface area contributed by atoms with Crippen LogP contribution in [0.4, 0.5) is 10.5 Å². The maximum absolute atomic E-state index is 13.6. The summed E-state index contributed by atoms with van der Waals surface area (Å²) in [7, 11) is 4.03. The molecule has 42 heavy (non-hydrogen) atoms. The number of aryl methyl sites for hydroxylation is 1. The lowest BCUT2D eigenvalue weighted by Gasteiger charge is -2.33. The first-order valence-electron chi connectivity index (χ1n) is 15.3. The molecule has 7 heteroatoms. The predicted molar refractivity (Wildman–Crippen MR) is 174 cm³/mol. The molecular weight excluding hydrogens is 522 g/mol. The van der Waals surface area contributed by atoms with Gasteiger partial charge in [0.2, 0.25) is 5.91 Å². The van der Waals surface area contributed by atoms with Crippen molar-refractivity contribution in [2.24, 2.45) is 0 Å². The van der Waals surface area contributed by atoms with Gasteiger partial charge < -0.3 is 25.8 Å². The van der Waals surface area contributed by atoms with Gasteiger partial charge in [0.1, 0.15) is 6.04 Å². The second-order valence-corrected chi connectivity index (χ2v) is 11.1. The number of hydrogen-bond donors (Lipinski definition) is 3. The summed E-state index contributed by atoms with van der Waals surface area (Å²) in [5, 5.41) is 9.30. The molecule has 2 aliphatic heterocycles. The van der Waals surface area contributed by atoms with Crippen molar-refractivity contribution in [3.63, 3.8) is 0 Å². The zero-order valence-electron chi connectivity index (χ0n) is 26.0. The molecule has 4 rings (SSSR count). The number of anilines is 1. The molecule has 226 valence electrons. The fraction of sp³-hybridized carbons (Fsp3) is 0.429. The van der Waals surface area contributed by atoms with Crippen LogP contribution in [0.1, 0.15) is 68.6 Å². The minimum absolute atomic E-state index is 0.190. The molecule has 0 spiro atoms. The lowest BCUT2D eigenvalue weighted by atomic mass is 9.89. The highest BCUT2D eigenvalue weighted by molar-refractivity contribution is 5.97. The van der Waals surface area contributed by atoms with Gasteiger partial charge in [-0.3, -0.25) is 4.79 Å². The smallest absolute Gasteiger partial charge is 0.318 e. The quantitative estimate of drug-likeness (QED) is 0.329. The first kappa shape index (κ1) is 32.7. The van der Waals surface area contributed by atoms with Crippen molar-refractivity contribution >= 4 is 17.6 Å². The van der Waals surface area contributed by atoms with E-state index in [0.717, 1.165) is 49.1 Å². The Morgan fingerprint density at radius 3 is 2.50 bits per heavy atom. The van der Waals surface area contributed by atoms with Crippen LogP contribution in [0.5, 0.6) is 0 Å². The summed E-state index contributed by atoms with van der Waals surface area (Å²) in [6.07, 6.45) is 14.1. The van der Waals surface area contributed by atoms with Crippen molar-refractivity contribution in [1.82, 2.24) is 20.4 Å². The third-order valence-corrected chi connectivity index (χ3v) is 7.36. The van der Waals surface area contributed by atoms with Gasteiger partial charge in [-0.05, 0) is 87.7 Å². The third-order valence-electron chi connectivity index (χ3n) is 7.36.